The summed E-state index contributed by atoms with van der Waals surface area (Å²) in [5.41, 5.74) is 2.74. The molecule has 0 fully saturated rings. The van der Waals surface area contributed by atoms with Crippen molar-refractivity contribution >= 4 is 16.9 Å². The van der Waals surface area contributed by atoms with E-state index in [1.165, 1.54) is 12.1 Å². The van der Waals surface area contributed by atoms with Gasteiger partial charge in [-0.15, -0.1) is 0 Å². The monoisotopic (exact) mass is 299 g/mol. The van der Waals surface area contributed by atoms with Gasteiger partial charge in [-0.05, 0) is 36.8 Å². The molecule has 0 aliphatic carbocycles. The third kappa shape index (κ3) is 2.76. The van der Waals surface area contributed by atoms with Crippen molar-refractivity contribution in [3.8, 4) is 0 Å². The van der Waals surface area contributed by atoms with Crippen LogP contribution in [0.15, 0.2) is 41.2 Å². The summed E-state index contributed by atoms with van der Waals surface area (Å²) < 4.78 is 13.7. The molecule has 0 bridgehead atoms. The molecule has 3 N–H and O–H groups in total. The average Bonchev–Trinajstić information content (AvgIpc) is 2.86. The van der Waals surface area contributed by atoms with Crippen molar-refractivity contribution in [3.05, 3.63) is 69.4 Å². The van der Waals surface area contributed by atoms with Gasteiger partial charge < -0.3 is 15.3 Å². The molecule has 2 aromatic carbocycles. The van der Waals surface area contributed by atoms with Crippen LogP contribution in [0.25, 0.3) is 11.0 Å². The minimum Gasteiger partial charge on any atom is -0.348 e. The molecular formula is C16H14FN3O2. The standard InChI is InChI=1S/C16H14FN3O2/c1-9-2-4-12(17)11(6-9)15(21)18-8-10-3-5-13-14(7-10)20-16(22)19-13/h2-7H,8H2,1H3,(H,18,21)(H2,19,20,22). The first kappa shape index (κ1) is 14.1. The second kappa shape index (κ2) is 5.48. The Morgan fingerprint density at radius 2 is 1.91 bits per heavy atom. The van der Waals surface area contributed by atoms with E-state index in [-0.39, 0.29) is 17.8 Å². The zero-order valence-corrected chi connectivity index (χ0v) is 11.9. The lowest BCUT2D eigenvalue weighted by atomic mass is 10.1. The molecule has 0 aliphatic heterocycles. The molecule has 112 valence electrons. The van der Waals surface area contributed by atoms with Gasteiger partial charge in [-0.25, -0.2) is 9.18 Å². The highest BCUT2D eigenvalue weighted by Gasteiger charge is 2.11. The maximum Gasteiger partial charge on any atom is 0.323 e. The Bertz CT molecular complexity index is 911. The predicted molar refractivity (Wildman–Crippen MR) is 81.2 cm³/mol. The van der Waals surface area contributed by atoms with Crippen LogP contribution in [0.3, 0.4) is 0 Å². The summed E-state index contributed by atoms with van der Waals surface area (Å²) in [4.78, 5) is 28.5. The van der Waals surface area contributed by atoms with Crippen LogP contribution in [-0.4, -0.2) is 15.9 Å². The van der Waals surface area contributed by atoms with E-state index < -0.39 is 11.7 Å². The van der Waals surface area contributed by atoms with Crippen molar-refractivity contribution < 1.29 is 9.18 Å². The summed E-state index contributed by atoms with van der Waals surface area (Å²) in [6.45, 7) is 2.04. The average molecular weight is 299 g/mol. The number of amides is 1. The number of benzene rings is 2. The van der Waals surface area contributed by atoms with Gasteiger partial charge in [-0.3, -0.25) is 4.79 Å². The molecule has 22 heavy (non-hydrogen) atoms. The summed E-state index contributed by atoms with van der Waals surface area (Å²) in [7, 11) is 0. The Balaban J connectivity index is 1.76. The van der Waals surface area contributed by atoms with E-state index in [0.717, 1.165) is 11.1 Å². The molecule has 0 saturated heterocycles. The number of imidazole rings is 1. The number of hydrogen-bond acceptors (Lipinski definition) is 2. The number of nitrogens with one attached hydrogen (secondary N) is 3. The molecule has 6 heteroatoms. The first-order valence-corrected chi connectivity index (χ1v) is 6.78. The SMILES string of the molecule is Cc1ccc(F)c(C(=O)NCc2ccc3[nH]c(=O)[nH]c3c2)c1. The molecule has 0 saturated carbocycles. The number of aromatic amines is 2. The van der Waals surface area contributed by atoms with E-state index in [1.54, 1.807) is 31.2 Å². The van der Waals surface area contributed by atoms with Crippen molar-refractivity contribution in [2.75, 3.05) is 0 Å². The molecular weight excluding hydrogens is 285 g/mol. The van der Waals surface area contributed by atoms with E-state index in [0.29, 0.717) is 11.0 Å². The molecule has 5 nitrogen and oxygen atoms in total. The molecule has 0 atom stereocenters. The molecule has 1 aromatic heterocycles. The topological polar surface area (TPSA) is 77.8 Å². The van der Waals surface area contributed by atoms with Crippen molar-refractivity contribution in [3.63, 3.8) is 0 Å². The summed E-state index contributed by atoms with van der Waals surface area (Å²) in [6, 6.07) is 9.71. The Kier molecular flexibility index (Phi) is 3.50. The van der Waals surface area contributed by atoms with E-state index in [4.69, 9.17) is 0 Å². The Morgan fingerprint density at radius 3 is 2.73 bits per heavy atom. The van der Waals surface area contributed by atoms with Crippen molar-refractivity contribution in [1.29, 1.82) is 0 Å². The Hall–Kier alpha value is -2.89. The number of carbonyl (C=O) groups excluding carboxylic acids is 1. The minimum absolute atomic E-state index is 0.0242. The summed E-state index contributed by atoms with van der Waals surface area (Å²) in [6.07, 6.45) is 0. The number of fused-ring (bicyclic) bond motifs is 1. The van der Waals surface area contributed by atoms with Gasteiger partial charge in [-0.1, -0.05) is 17.7 Å². The third-order valence-electron chi connectivity index (χ3n) is 3.40. The molecule has 0 spiro atoms. The summed E-state index contributed by atoms with van der Waals surface area (Å²) >= 11 is 0. The lowest BCUT2D eigenvalue weighted by Gasteiger charge is -2.07. The fraction of sp³-hybridized carbons (Fsp3) is 0.125. The highest BCUT2D eigenvalue weighted by atomic mass is 19.1. The fourth-order valence-corrected chi connectivity index (χ4v) is 2.28. The van der Waals surface area contributed by atoms with E-state index in [1.807, 2.05) is 0 Å². The number of halogens is 1. The van der Waals surface area contributed by atoms with Gasteiger partial charge in [0.2, 0.25) is 0 Å². The smallest absolute Gasteiger partial charge is 0.323 e. The predicted octanol–water partition coefficient (Wildman–Crippen LogP) is 2.23. The van der Waals surface area contributed by atoms with Gasteiger partial charge in [0, 0.05) is 6.54 Å². The zero-order valence-electron chi connectivity index (χ0n) is 11.9. The normalized spacial score (nSPS) is 10.8. The van der Waals surface area contributed by atoms with Crippen LogP contribution in [0.4, 0.5) is 4.39 Å². The second-order valence-corrected chi connectivity index (χ2v) is 5.13. The molecule has 3 rings (SSSR count). The van der Waals surface area contributed by atoms with Gasteiger partial charge >= 0.3 is 5.69 Å². The summed E-state index contributed by atoms with van der Waals surface area (Å²) in [5, 5.41) is 2.67. The highest BCUT2D eigenvalue weighted by molar-refractivity contribution is 5.94. The van der Waals surface area contributed by atoms with E-state index in [9.17, 15) is 14.0 Å². The van der Waals surface area contributed by atoms with Crippen molar-refractivity contribution in [2.24, 2.45) is 0 Å². The lowest BCUT2D eigenvalue weighted by Crippen LogP contribution is -2.23. The fourth-order valence-electron chi connectivity index (χ4n) is 2.28. The maximum atomic E-state index is 13.7. The number of rotatable bonds is 3. The van der Waals surface area contributed by atoms with Crippen molar-refractivity contribution in [2.45, 2.75) is 13.5 Å². The number of H-pyrrole nitrogens is 2. The van der Waals surface area contributed by atoms with E-state index in [2.05, 4.69) is 15.3 Å². The number of aryl methyl sites for hydroxylation is 1. The van der Waals surface area contributed by atoms with Gasteiger partial charge in [0.15, 0.2) is 0 Å². The third-order valence-corrected chi connectivity index (χ3v) is 3.40. The van der Waals surface area contributed by atoms with Crippen LogP contribution in [0.1, 0.15) is 21.5 Å². The van der Waals surface area contributed by atoms with Crippen LogP contribution in [0, 0.1) is 12.7 Å². The number of carbonyl (C=O) groups is 1. The van der Waals surface area contributed by atoms with E-state index >= 15 is 0 Å². The lowest BCUT2D eigenvalue weighted by molar-refractivity contribution is 0.0947. The highest BCUT2D eigenvalue weighted by Crippen LogP contribution is 2.12. The van der Waals surface area contributed by atoms with Crippen LogP contribution >= 0.6 is 0 Å². The molecule has 0 aliphatic rings. The van der Waals surface area contributed by atoms with Gasteiger partial charge in [0.05, 0.1) is 16.6 Å². The van der Waals surface area contributed by atoms with Crippen LogP contribution in [0.5, 0.6) is 0 Å². The quantitative estimate of drug-likeness (QED) is 0.693. The maximum absolute atomic E-state index is 13.7. The molecule has 0 radical (unpaired) electrons. The van der Waals surface area contributed by atoms with Gasteiger partial charge in [0.25, 0.3) is 5.91 Å². The molecule has 0 unspecified atom stereocenters. The molecule has 1 heterocycles. The number of aromatic nitrogens is 2. The second-order valence-electron chi connectivity index (χ2n) is 5.13. The van der Waals surface area contributed by atoms with Crippen LogP contribution in [-0.2, 0) is 6.54 Å². The molecule has 3 aromatic rings. The van der Waals surface area contributed by atoms with Crippen LogP contribution < -0.4 is 11.0 Å². The summed E-state index contributed by atoms with van der Waals surface area (Å²) in [5.74, 6) is -1.02. The van der Waals surface area contributed by atoms with Crippen LogP contribution in [0.2, 0.25) is 0 Å². The Morgan fingerprint density at radius 1 is 1.14 bits per heavy atom. The molecule has 1 amide bonds. The van der Waals surface area contributed by atoms with Gasteiger partial charge in [0.1, 0.15) is 5.82 Å². The van der Waals surface area contributed by atoms with Gasteiger partial charge in [-0.2, -0.15) is 0 Å². The Labute approximate surface area is 125 Å². The minimum atomic E-state index is -0.548. The largest absolute Gasteiger partial charge is 0.348 e. The zero-order chi connectivity index (χ0) is 15.7. The first-order chi connectivity index (χ1) is 10.5. The first-order valence-electron chi connectivity index (χ1n) is 6.78. The number of hydrogen-bond donors (Lipinski definition) is 3. The van der Waals surface area contributed by atoms with Crippen molar-refractivity contribution in [1.82, 2.24) is 15.3 Å².